The van der Waals surface area contributed by atoms with Gasteiger partial charge in [0.2, 0.25) is 0 Å². The third-order valence-corrected chi connectivity index (χ3v) is 3.84. The normalized spacial score (nSPS) is 11.4. The second kappa shape index (κ2) is 5.74. The highest BCUT2D eigenvalue weighted by atomic mass is 15.3. The summed E-state index contributed by atoms with van der Waals surface area (Å²) in [6.07, 6.45) is 2.16. The number of aryl methyl sites for hydroxylation is 2. The molecule has 0 aliphatic rings. The van der Waals surface area contributed by atoms with Gasteiger partial charge in [-0.2, -0.15) is 5.10 Å². The quantitative estimate of drug-likeness (QED) is 0.781. The van der Waals surface area contributed by atoms with Crippen LogP contribution in [0.15, 0.2) is 36.5 Å². The minimum absolute atomic E-state index is 0.862. The fourth-order valence-corrected chi connectivity index (χ4v) is 2.86. The van der Waals surface area contributed by atoms with Crippen LogP contribution in [0, 0.1) is 6.92 Å². The molecule has 2 aromatic heterocycles. The van der Waals surface area contributed by atoms with Crippen molar-refractivity contribution in [2.24, 2.45) is 0 Å². The first-order valence-electron chi connectivity index (χ1n) is 7.47. The van der Waals surface area contributed by atoms with Gasteiger partial charge < -0.3 is 9.88 Å². The van der Waals surface area contributed by atoms with Gasteiger partial charge in [-0.1, -0.05) is 12.1 Å². The Labute approximate surface area is 125 Å². The van der Waals surface area contributed by atoms with Crippen LogP contribution in [0.5, 0.6) is 0 Å². The van der Waals surface area contributed by atoms with Gasteiger partial charge in [0.15, 0.2) is 0 Å². The number of rotatable bonds is 5. The van der Waals surface area contributed by atoms with E-state index >= 15 is 0 Å². The highest BCUT2D eigenvalue weighted by Crippen LogP contribution is 2.19. The molecule has 0 amide bonds. The van der Waals surface area contributed by atoms with Crippen LogP contribution in [0.3, 0.4) is 0 Å². The second-order valence-electron chi connectivity index (χ2n) is 5.46. The van der Waals surface area contributed by atoms with Gasteiger partial charge in [-0.25, -0.2) is 0 Å². The molecule has 0 unspecified atom stereocenters. The zero-order chi connectivity index (χ0) is 14.8. The molecule has 21 heavy (non-hydrogen) atoms. The summed E-state index contributed by atoms with van der Waals surface area (Å²) in [5, 5.41) is 9.02. The van der Waals surface area contributed by atoms with E-state index in [0.717, 1.165) is 25.3 Å². The fourth-order valence-electron chi connectivity index (χ4n) is 2.86. The predicted octanol–water partition coefficient (Wildman–Crippen LogP) is 2.93. The van der Waals surface area contributed by atoms with Crippen molar-refractivity contribution in [3.63, 3.8) is 0 Å². The first kappa shape index (κ1) is 13.9. The Morgan fingerprint density at radius 1 is 1.19 bits per heavy atom. The van der Waals surface area contributed by atoms with Crippen molar-refractivity contribution >= 4 is 10.9 Å². The monoisotopic (exact) mass is 282 g/mol. The molecule has 0 radical (unpaired) electrons. The number of nitrogens with one attached hydrogen (secondary N) is 1. The van der Waals surface area contributed by atoms with Crippen LogP contribution in [-0.2, 0) is 19.6 Å². The van der Waals surface area contributed by atoms with E-state index in [-0.39, 0.29) is 0 Å². The SMILES string of the molecule is CCn1nc(C)cc1Cn1ccc2ccc(CNC)cc21. The number of fused-ring (bicyclic) bond motifs is 1. The Morgan fingerprint density at radius 3 is 2.81 bits per heavy atom. The van der Waals surface area contributed by atoms with Gasteiger partial charge in [-0.05, 0) is 50.0 Å². The van der Waals surface area contributed by atoms with Gasteiger partial charge >= 0.3 is 0 Å². The lowest BCUT2D eigenvalue weighted by atomic mass is 10.1. The van der Waals surface area contributed by atoms with Crippen LogP contribution < -0.4 is 5.32 Å². The summed E-state index contributed by atoms with van der Waals surface area (Å²) >= 11 is 0. The maximum atomic E-state index is 4.53. The van der Waals surface area contributed by atoms with Crippen LogP contribution >= 0.6 is 0 Å². The topological polar surface area (TPSA) is 34.8 Å². The van der Waals surface area contributed by atoms with Gasteiger partial charge in [0.1, 0.15) is 0 Å². The number of nitrogens with zero attached hydrogens (tertiary/aromatic N) is 3. The molecule has 3 rings (SSSR count). The predicted molar refractivity (Wildman–Crippen MR) is 86.4 cm³/mol. The summed E-state index contributed by atoms with van der Waals surface area (Å²) in [6, 6.07) is 11.0. The van der Waals surface area contributed by atoms with Crippen molar-refractivity contribution in [2.45, 2.75) is 33.5 Å². The Morgan fingerprint density at radius 2 is 2.05 bits per heavy atom. The maximum absolute atomic E-state index is 4.53. The number of hydrogen-bond donors (Lipinski definition) is 1. The Balaban J connectivity index is 1.97. The van der Waals surface area contributed by atoms with E-state index in [1.54, 1.807) is 0 Å². The molecule has 0 aliphatic heterocycles. The molecule has 0 saturated carbocycles. The van der Waals surface area contributed by atoms with Gasteiger partial charge in [-0.15, -0.1) is 0 Å². The van der Waals surface area contributed by atoms with E-state index in [2.05, 4.69) is 70.0 Å². The molecule has 0 spiro atoms. The highest BCUT2D eigenvalue weighted by Gasteiger charge is 2.07. The van der Waals surface area contributed by atoms with Crippen molar-refractivity contribution < 1.29 is 0 Å². The van der Waals surface area contributed by atoms with Crippen LogP contribution in [-0.4, -0.2) is 21.4 Å². The van der Waals surface area contributed by atoms with Crippen LogP contribution in [0.25, 0.3) is 10.9 Å². The molecule has 0 atom stereocenters. The molecule has 0 aliphatic carbocycles. The summed E-state index contributed by atoms with van der Waals surface area (Å²) < 4.78 is 4.38. The minimum atomic E-state index is 0.862. The molecule has 1 aromatic carbocycles. The van der Waals surface area contributed by atoms with Crippen molar-refractivity contribution in [3.05, 3.63) is 53.5 Å². The number of aromatic nitrogens is 3. The molecule has 1 N–H and O–H groups in total. The molecule has 0 fully saturated rings. The van der Waals surface area contributed by atoms with Gasteiger partial charge in [0.25, 0.3) is 0 Å². The number of hydrogen-bond acceptors (Lipinski definition) is 2. The van der Waals surface area contributed by atoms with E-state index in [4.69, 9.17) is 0 Å². The zero-order valence-corrected chi connectivity index (χ0v) is 12.9. The van der Waals surface area contributed by atoms with Crippen molar-refractivity contribution in [2.75, 3.05) is 7.05 Å². The zero-order valence-electron chi connectivity index (χ0n) is 12.9. The van der Waals surface area contributed by atoms with E-state index in [0.29, 0.717) is 0 Å². The second-order valence-corrected chi connectivity index (χ2v) is 5.46. The lowest BCUT2D eigenvalue weighted by Gasteiger charge is -2.08. The smallest absolute Gasteiger partial charge is 0.0645 e. The maximum Gasteiger partial charge on any atom is 0.0645 e. The summed E-state index contributed by atoms with van der Waals surface area (Å²) in [5.41, 5.74) is 4.93. The Bertz CT molecular complexity index is 751. The lowest BCUT2D eigenvalue weighted by Crippen LogP contribution is -2.08. The van der Waals surface area contributed by atoms with Gasteiger partial charge in [0.05, 0.1) is 17.9 Å². The first-order chi connectivity index (χ1) is 10.2. The largest absolute Gasteiger partial charge is 0.341 e. The first-order valence-corrected chi connectivity index (χ1v) is 7.47. The molecular weight excluding hydrogens is 260 g/mol. The third-order valence-electron chi connectivity index (χ3n) is 3.84. The summed E-state index contributed by atoms with van der Waals surface area (Å²) in [6.45, 7) is 6.85. The van der Waals surface area contributed by atoms with E-state index in [9.17, 15) is 0 Å². The third kappa shape index (κ3) is 2.72. The molecular formula is C17H22N4. The molecule has 4 heteroatoms. The Kier molecular flexibility index (Phi) is 3.80. The van der Waals surface area contributed by atoms with E-state index in [1.165, 1.54) is 22.2 Å². The molecule has 2 heterocycles. The summed E-state index contributed by atoms with van der Waals surface area (Å²) in [5.74, 6) is 0. The minimum Gasteiger partial charge on any atom is -0.341 e. The van der Waals surface area contributed by atoms with Gasteiger partial charge in [-0.3, -0.25) is 4.68 Å². The van der Waals surface area contributed by atoms with Crippen LogP contribution in [0.1, 0.15) is 23.9 Å². The summed E-state index contributed by atoms with van der Waals surface area (Å²) in [4.78, 5) is 0. The summed E-state index contributed by atoms with van der Waals surface area (Å²) in [7, 11) is 1.98. The average molecular weight is 282 g/mol. The molecule has 3 aromatic rings. The van der Waals surface area contributed by atoms with E-state index < -0.39 is 0 Å². The molecule has 4 nitrogen and oxygen atoms in total. The van der Waals surface area contributed by atoms with Crippen LogP contribution in [0.4, 0.5) is 0 Å². The standard InChI is InChI=1S/C17H22N4/c1-4-21-16(9-13(2)19-21)12-20-8-7-15-6-5-14(11-18-3)10-17(15)20/h5-10,18H,4,11-12H2,1-3H3. The van der Waals surface area contributed by atoms with Crippen molar-refractivity contribution in [1.82, 2.24) is 19.7 Å². The average Bonchev–Trinajstić information content (AvgIpc) is 3.03. The molecule has 0 saturated heterocycles. The van der Waals surface area contributed by atoms with Crippen molar-refractivity contribution in [3.8, 4) is 0 Å². The Hall–Kier alpha value is -2.07. The van der Waals surface area contributed by atoms with E-state index in [1.807, 2.05) is 7.05 Å². The molecule has 110 valence electrons. The van der Waals surface area contributed by atoms with Crippen LogP contribution in [0.2, 0.25) is 0 Å². The van der Waals surface area contributed by atoms with Gasteiger partial charge in [0, 0.05) is 24.8 Å². The fraction of sp³-hybridized carbons (Fsp3) is 0.353. The molecule has 0 bridgehead atoms. The van der Waals surface area contributed by atoms with Crippen molar-refractivity contribution in [1.29, 1.82) is 0 Å². The highest BCUT2D eigenvalue weighted by molar-refractivity contribution is 5.80. The number of benzene rings is 1. The lowest BCUT2D eigenvalue weighted by molar-refractivity contribution is 0.602.